The number of ketones is 1. The fourth-order valence-electron chi connectivity index (χ4n) is 2.16. The number of esters is 1. The van der Waals surface area contributed by atoms with Gasteiger partial charge in [0, 0.05) is 28.3 Å². The van der Waals surface area contributed by atoms with Crippen molar-refractivity contribution in [2.75, 3.05) is 6.54 Å². The van der Waals surface area contributed by atoms with Gasteiger partial charge < -0.3 is 10.1 Å². The summed E-state index contributed by atoms with van der Waals surface area (Å²) in [6.45, 7) is 0.928. The number of carbonyl (C=O) groups is 3. The highest BCUT2D eigenvalue weighted by atomic mass is 35.5. The zero-order valence-electron chi connectivity index (χ0n) is 14.2. The first-order valence-electron chi connectivity index (χ1n) is 7.80. The number of nitrogens with one attached hydrogen (secondary N) is 1. The van der Waals surface area contributed by atoms with Crippen LogP contribution in [0.15, 0.2) is 48.5 Å². The molecule has 0 heterocycles. The molecule has 2 rings (SSSR count). The first kappa shape index (κ1) is 20.1. The Kier molecular flexibility index (Phi) is 6.62. The number of hydrogen-bond acceptors (Lipinski definition) is 6. The van der Waals surface area contributed by atoms with Crippen molar-refractivity contribution in [2.45, 2.75) is 13.0 Å². The molecule has 0 saturated heterocycles. The van der Waals surface area contributed by atoms with E-state index in [1.807, 2.05) is 0 Å². The van der Waals surface area contributed by atoms with Gasteiger partial charge >= 0.3 is 5.97 Å². The van der Waals surface area contributed by atoms with E-state index in [0.717, 1.165) is 6.07 Å². The Labute approximate surface area is 159 Å². The Morgan fingerprint density at radius 1 is 1.15 bits per heavy atom. The maximum atomic E-state index is 12.2. The van der Waals surface area contributed by atoms with Gasteiger partial charge in [0.1, 0.15) is 6.54 Å². The Morgan fingerprint density at radius 3 is 2.44 bits per heavy atom. The quantitative estimate of drug-likeness (QED) is 0.336. The molecule has 0 aliphatic heterocycles. The van der Waals surface area contributed by atoms with E-state index in [1.165, 1.54) is 37.3 Å². The molecule has 0 bridgehead atoms. The average Bonchev–Trinajstić information content (AvgIpc) is 2.66. The molecule has 1 amide bonds. The molecule has 2 aromatic rings. The molecule has 0 radical (unpaired) electrons. The van der Waals surface area contributed by atoms with Crippen LogP contribution >= 0.6 is 11.6 Å². The summed E-state index contributed by atoms with van der Waals surface area (Å²) in [5, 5.41) is 13.5. The number of non-ortho nitro benzene ring substituents is 1. The number of carbonyl (C=O) groups excluding carboxylic acids is 3. The summed E-state index contributed by atoms with van der Waals surface area (Å²) in [7, 11) is 0. The molecule has 0 saturated carbocycles. The number of nitrogens with zero attached hydrogens (tertiary/aromatic N) is 1. The van der Waals surface area contributed by atoms with E-state index in [9.17, 15) is 24.5 Å². The minimum atomic E-state index is -1.05. The second-order valence-corrected chi connectivity index (χ2v) is 5.93. The van der Waals surface area contributed by atoms with Crippen molar-refractivity contribution in [3.63, 3.8) is 0 Å². The van der Waals surface area contributed by atoms with E-state index < -0.39 is 35.2 Å². The number of Topliss-reactive ketones (excluding diaryl/α,β-unsaturated/α-hetero) is 1. The van der Waals surface area contributed by atoms with Crippen LogP contribution in [0.3, 0.4) is 0 Å². The van der Waals surface area contributed by atoms with Gasteiger partial charge in [0.25, 0.3) is 11.6 Å². The first-order chi connectivity index (χ1) is 12.8. The monoisotopic (exact) mass is 390 g/mol. The van der Waals surface area contributed by atoms with E-state index in [4.69, 9.17) is 16.3 Å². The van der Waals surface area contributed by atoms with Gasteiger partial charge in [-0.3, -0.25) is 24.5 Å². The molecule has 2 aromatic carbocycles. The molecule has 0 fully saturated rings. The average molecular weight is 391 g/mol. The zero-order chi connectivity index (χ0) is 20.0. The molecule has 0 aromatic heterocycles. The molecule has 0 aliphatic carbocycles. The Balaban J connectivity index is 1.89. The van der Waals surface area contributed by atoms with Crippen LogP contribution in [-0.4, -0.2) is 35.2 Å². The van der Waals surface area contributed by atoms with Gasteiger partial charge in [-0.25, -0.2) is 0 Å². The molecule has 8 nitrogen and oxygen atoms in total. The molecular formula is C18H15ClN2O6. The number of halogens is 1. The number of benzene rings is 2. The summed E-state index contributed by atoms with van der Waals surface area (Å²) in [4.78, 5) is 46.1. The second kappa shape index (κ2) is 8.91. The highest BCUT2D eigenvalue weighted by Gasteiger charge is 2.20. The predicted molar refractivity (Wildman–Crippen MR) is 96.8 cm³/mol. The largest absolute Gasteiger partial charge is 0.453 e. The molecule has 0 aliphatic rings. The van der Waals surface area contributed by atoms with Crippen LogP contribution in [0.4, 0.5) is 5.69 Å². The van der Waals surface area contributed by atoms with E-state index in [0.29, 0.717) is 10.6 Å². The van der Waals surface area contributed by atoms with Crippen molar-refractivity contribution >= 4 is 34.9 Å². The Hall–Kier alpha value is -3.26. The van der Waals surface area contributed by atoms with Gasteiger partial charge in [-0.2, -0.15) is 0 Å². The minimum absolute atomic E-state index is 0.0299. The molecule has 0 spiro atoms. The van der Waals surface area contributed by atoms with Gasteiger partial charge in [-0.15, -0.1) is 0 Å². The number of ether oxygens (including phenoxy) is 1. The van der Waals surface area contributed by atoms with Crippen LogP contribution in [0, 0.1) is 10.1 Å². The molecule has 1 N–H and O–H groups in total. The lowest BCUT2D eigenvalue weighted by molar-refractivity contribution is -0.384. The topological polar surface area (TPSA) is 116 Å². The smallest absolute Gasteiger partial charge is 0.326 e. The number of nitro groups is 1. The van der Waals surface area contributed by atoms with Crippen molar-refractivity contribution in [1.29, 1.82) is 0 Å². The van der Waals surface area contributed by atoms with Crippen LogP contribution < -0.4 is 5.32 Å². The van der Waals surface area contributed by atoms with Crippen LogP contribution in [0.25, 0.3) is 0 Å². The molecule has 140 valence electrons. The molecule has 1 unspecified atom stereocenters. The molecule has 27 heavy (non-hydrogen) atoms. The number of nitro benzene ring substituents is 1. The van der Waals surface area contributed by atoms with Crippen LogP contribution in [-0.2, 0) is 9.53 Å². The fourth-order valence-corrected chi connectivity index (χ4v) is 2.28. The molecule has 1 atom stereocenters. The van der Waals surface area contributed by atoms with Gasteiger partial charge in [-0.05, 0) is 37.3 Å². The summed E-state index contributed by atoms with van der Waals surface area (Å²) in [5.74, 6) is -1.90. The minimum Gasteiger partial charge on any atom is -0.453 e. The van der Waals surface area contributed by atoms with Crippen LogP contribution in [0.5, 0.6) is 0 Å². The number of hydrogen-bond donors (Lipinski definition) is 1. The van der Waals surface area contributed by atoms with Crippen molar-refractivity contribution < 1.29 is 24.0 Å². The van der Waals surface area contributed by atoms with Gasteiger partial charge in [0.05, 0.1) is 4.92 Å². The van der Waals surface area contributed by atoms with E-state index >= 15 is 0 Å². The van der Waals surface area contributed by atoms with Crippen molar-refractivity contribution in [3.8, 4) is 0 Å². The van der Waals surface area contributed by atoms with E-state index in [2.05, 4.69) is 5.32 Å². The fraction of sp³-hybridized carbons (Fsp3) is 0.167. The van der Waals surface area contributed by atoms with Crippen LogP contribution in [0.2, 0.25) is 5.02 Å². The van der Waals surface area contributed by atoms with E-state index in [-0.39, 0.29) is 11.3 Å². The maximum absolute atomic E-state index is 12.2. The van der Waals surface area contributed by atoms with Crippen molar-refractivity contribution in [2.24, 2.45) is 0 Å². The summed E-state index contributed by atoms with van der Waals surface area (Å²) < 4.78 is 5.00. The third kappa shape index (κ3) is 5.61. The second-order valence-electron chi connectivity index (χ2n) is 5.49. The van der Waals surface area contributed by atoms with Gasteiger partial charge in [-0.1, -0.05) is 17.7 Å². The van der Waals surface area contributed by atoms with E-state index in [1.54, 1.807) is 12.1 Å². The van der Waals surface area contributed by atoms with Gasteiger partial charge in [0.2, 0.25) is 5.78 Å². The third-order valence-electron chi connectivity index (χ3n) is 3.52. The molecule has 9 heteroatoms. The number of rotatable bonds is 7. The predicted octanol–water partition coefficient (Wildman–Crippen LogP) is 2.79. The van der Waals surface area contributed by atoms with Crippen LogP contribution in [0.1, 0.15) is 27.6 Å². The van der Waals surface area contributed by atoms with Gasteiger partial charge in [0.15, 0.2) is 6.10 Å². The molecular weight excluding hydrogens is 376 g/mol. The normalized spacial score (nSPS) is 11.3. The summed E-state index contributed by atoms with van der Waals surface area (Å²) >= 11 is 5.75. The Bertz CT molecular complexity index is 882. The standard InChI is InChI=1S/C18H15ClN2O6/c1-11(17(23)12-5-7-14(19)8-6-12)27-16(22)10-20-18(24)13-3-2-4-15(9-13)21(25)26/h2-9,11H,10H2,1H3,(H,20,24). The summed E-state index contributed by atoms with van der Waals surface area (Å²) in [6.07, 6.45) is -1.05. The van der Waals surface area contributed by atoms with Crippen molar-refractivity contribution in [3.05, 3.63) is 74.8 Å². The van der Waals surface area contributed by atoms with Crippen molar-refractivity contribution in [1.82, 2.24) is 5.32 Å². The lowest BCUT2D eigenvalue weighted by atomic mass is 10.1. The SMILES string of the molecule is CC(OC(=O)CNC(=O)c1cccc([N+](=O)[O-])c1)C(=O)c1ccc(Cl)cc1. The summed E-state index contributed by atoms with van der Waals surface area (Å²) in [6, 6.07) is 11.2. The highest BCUT2D eigenvalue weighted by molar-refractivity contribution is 6.30. The number of amides is 1. The lowest BCUT2D eigenvalue weighted by Gasteiger charge is -2.13. The summed E-state index contributed by atoms with van der Waals surface area (Å²) in [5.41, 5.74) is 0.120. The first-order valence-corrected chi connectivity index (χ1v) is 8.17. The third-order valence-corrected chi connectivity index (χ3v) is 3.77. The Morgan fingerprint density at radius 2 is 1.81 bits per heavy atom. The maximum Gasteiger partial charge on any atom is 0.326 e. The lowest BCUT2D eigenvalue weighted by Crippen LogP contribution is -2.34. The highest BCUT2D eigenvalue weighted by Crippen LogP contribution is 2.14. The zero-order valence-corrected chi connectivity index (χ0v) is 14.9.